The molecule has 0 aromatic carbocycles. The van der Waals surface area contributed by atoms with E-state index in [9.17, 15) is 10.2 Å². The number of aliphatic hydroxyl groups excluding tert-OH is 2. The van der Waals surface area contributed by atoms with Gasteiger partial charge in [-0.05, 0) is 0 Å². The largest absolute Gasteiger partial charge is 0.389 e. The summed E-state index contributed by atoms with van der Waals surface area (Å²) in [7, 11) is 0. The minimum atomic E-state index is -1.12. The number of hydrogen-bond donors (Lipinski definition) is 2. The number of nitrogens with zero attached hydrogens (tertiary/aromatic N) is 3. The average molecular weight is 214 g/mol. The molecular weight excluding hydrogens is 206 g/mol. The Labute approximate surface area is 85.6 Å². The third-order valence-electron chi connectivity index (χ3n) is 1.64. The Morgan fingerprint density at radius 3 is 2.43 bits per heavy atom. The Kier molecular flexibility index (Phi) is 3.77. The predicted octanol–water partition coefficient (Wildman–Crippen LogP) is -0.0186. The molecule has 2 atom stereocenters. The molecule has 5 nitrogen and oxygen atoms in total. The molecule has 0 amide bonds. The van der Waals surface area contributed by atoms with Gasteiger partial charge < -0.3 is 10.2 Å². The predicted molar refractivity (Wildman–Crippen MR) is 48.4 cm³/mol. The first-order valence-electron chi connectivity index (χ1n) is 3.83. The molecule has 74 valence electrons. The first kappa shape index (κ1) is 10.9. The van der Waals surface area contributed by atoms with Crippen LogP contribution in [0.25, 0.3) is 0 Å². The molecule has 1 rings (SSSR count). The first-order chi connectivity index (χ1) is 6.69. The summed E-state index contributed by atoms with van der Waals surface area (Å²) in [4.78, 5) is 7.30. The molecule has 0 aliphatic carbocycles. The fourth-order valence-electron chi connectivity index (χ4n) is 0.855. The van der Waals surface area contributed by atoms with Gasteiger partial charge in [0.1, 0.15) is 12.2 Å². The number of aliphatic hydroxyl groups is 2. The minimum absolute atomic E-state index is 0.0151. The van der Waals surface area contributed by atoms with Crippen molar-refractivity contribution < 1.29 is 10.2 Å². The molecule has 1 aromatic heterocycles. The van der Waals surface area contributed by atoms with Gasteiger partial charge in [-0.15, -0.1) is 11.6 Å². The van der Waals surface area contributed by atoms with E-state index in [1.165, 1.54) is 12.4 Å². The van der Waals surface area contributed by atoms with E-state index in [1.807, 2.05) is 0 Å². The van der Waals surface area contributed by atoms with Crippen molar-refractivity contribution in [1.82, 2.24) is 9.97 Å². The number of rotatable bonds is 3. The van der Waals surface area contributed by atoms with Crippen LogP contribution in [-0.4, -0.2) is 32.2 Å². The second kappa shape index (κ2) is 4.86. The standard InChI is InChI=1S/C8H8ClN3O2/c9-1-6(13)8(14)5-3-11-7(2-10)12-4-5/h3-4,6,8,13-14H,1H2. The smallest absolute Gasteiger partial charge is 0.232 e. The minimum Gasteiger partial charge on any atom is -0.389 e. The summed E-state index contributed by atoms with van der Waals surface area (Å²) in [5.41, 5.74) is 0.331. The van der Waals surface area contributed by atoms with Crippen LogP contribution in [-0.2, 0) is 0 Å². The van der Waals surface area contributed by atoms with Crippen molar-refractivity contribution in [2.45, 2.75) is 12.2 Å². The Bertz CT molecular complexity index is 335. The van der Waals surface area contributed by atoms with Gasteiger partial charge in [0.15, 0.2) is 0 Å². The van der Waals surface area contributed by atoms with Crippen molar-refractivity contribution in [3.05, 3.63) is 23.8 Å². The van der Waals surface area contributed by atoms with E-state index in [2.05, 4.69) is 9.97 Å². The molecule has 0 saturated carbocycles. The van der Waals surface area contributed by atoms with Crippen molar-refractivity contribution in [3.63, 3.8) is 0 Å². The molecule has 1 heterocycles. The molecule has 0 saturated heterocycles. The van der Waals surface area contributed by atoms with Crippen LogP contribution < -0.4 is 0 Å². The van der Waals surface area contributed by atoms with E-state index in [0.717, 1.165) is 0 Å². The second-order valence-electron chi connectivity index (χ2n) is 2.62. The zero-order valence-corrected chi connectivity index (χ0v) is 7.89. The summed E-state index contributed by atoms with van der Waals surface area (Å²) >= 11 is 5.35. The van der Waals surface area contributed by atoms with E-state index >= 15 is 0 Å². The van der Waals surface area contributed by atoms with Gasteiger partial charge in [-0.3, -0.25) is 0 Å². The SMILES string of the molecule is N#Cc1ncc(C(O)C(O)CCl)cn1. The molecule has 0 aliphatic heterocycles. The van der Waals surface area contributed by atoms with Crippen molar-refractivity contribution in [1.29, 1.82) is 5.26 Å². The molecule has 0 bridgehead atoms. The second-order valence-corrected chi connectivity index (χ2v) is 2.93. The molecule has 1 aromatic rings. The van der Waals surface area contributed by atoms with Crippen LogP contribution in [0.15, 0.2) is 12.4 Å². The summed E-state index contributed by atoms with van der Waals surface area (Å²) in [6.45, 7) is 0. The molecule has 0 aliphatic rings. The summed E-state index contributed by atoms with van der Waals surface area (Å²) in [6.07, 6.45) is 0.381. The van der Waals surface area contributed by atoms with Gasteiger partial charge >= 0.3 is 0 Å². The van der Waals surface area contributed by atoms with Gasteiger partial charge in [-0.25, -0.2) is 9.97 Å². The maximum absolute atomic E-state index is 9.46. The number of nitriles is 1. The highest BCUT2D eigenvalue weighted by Gasteiger charge is 2.17. The van der Waals surface area contributed by atoms with Crippen LogP contribution in [0.5, 0.6) is 0 Å². The van der Waals surface area contributed by atoms with E-state index in [0.29, 0.717) is 5.56 Å². The van der Waals surface area contributed by atoms with Crippen molar-refractivity contribution in [3.8, 4) is 6.07 Å². The quantitative estimate of drug-likeness (QED) is 0.689. The monoisotopic (exact) mass is 213 g/mol. The van der Waals surface area contributed by atoms with E-state index in [4.69, 9.17) is 16.9 Å². The average Bonchev–Trinajstić information content (AvgIpc) is 2.27. The lowest BCUT2D eigenvalue weighted by Gasteiger charge is -2.14. The summed E-state index contributed by atoms with van der Waals surface area (Å²) < 4.78 is 0. The van der Waals surface area contributed by atoms with Crippen LogP contribution in [0.1, 0.15) is 17.5 Å². The molecule has 0 spiro atoms. The number of halogens is 1. The zero-order valence-electron chi connectivity index (χ0n) is 7.13. The van der Waals surface area contributed by atoms with Crippen LogP contribution in [0.2, 0.25) is 0 Å². The first-order valence-corrected chi connectivity index (χ1v) is 4.36. The van der Waals surface area contributed by atoms with Gasteiger partial charge in [0, 0.05) is 18.0 Å². The van der Waals surface area contributed by atoms with Gasteiger partial charge in [0.25, 0.3) is 0 Å². The fourth-order valence-corrected chi connectivity index (χ4v) is 1.02. The highest BCUT2D eigenvalue weighted by atomic mass is 35.5. The zero-order chi connectivity index (χ0) is 10.6. The molecule has 0 radical (unpaired) electrons. The third-order valence-corrected chi connectivity index (χ3v) is 1.95. The van der Waals surface area contributed by atoms with Crippen LogP contribution in [0, 0.1) is 11.3 Å². The van der Waals surface area contributed by atoms with Gasteiger partial charge in [0.05, 0.1) is 12.0 Å². The van der Waals surface area contributed by atoms with E-state index in [1.54, 1.807) is 6.07 Å². The van der Waals surface area contributed by atoms with E-state index < -0.39 is 12.2 Å². The van der Waals surface area contributed by atoms with Gasteiger partial charge in [-0.1, -0.05) is 0 Å². The third kappa shape index (κ3) is 2.39. The number of aromatic nitrogens is 2. The normalized spacial score (nSPS) is 14.4. The molecular formula is C8H8ClN3O2. The Balaban J connectivity index is 2.82. The van der Waals surface area contributed by atoms with Gasteiger partial charge in [0.2, 0.25) is 5.82 Å². The highest BCUT2D eigenvalue weighted by molar-refractivity contribution is 6.18. The molecule has 0 fully saturated rings. The maximum Gasteiger partial charge on any atom is 0.232 e. The van der Waals surface area contributed by atoms with E-state index in [-0.39, 0.29) is 11.7 Å². The van der Waals surface area contributed by atoms with Crippen LogP contribution in [0.4, 0.5) is 0 Å². The fraction of sp³-hybridized carbons (Fsp3) is 0.375. The summed E-state index contributed by atoms with van der Waals surface area (Å²) in [6, 6.07) is 1.74. The van der Waals surface area contributed by atoms with Crippen molar-refractivity contribution in [2.75, 3.05) is 5.88 Å². The molecule has 2 N–H and O–H groups in total. The van der Waals surface area contributed by atoms with Crippen LogP contribution in [0.3, 0.4) is 0 Å². The van der Waals surface area contributed by atoms with Crippen LogP contribution >= 0.6 is 11.6 Å². The Morgan fingerprint density at radius 2 is 2.00 bits per heavy atom. The lowest BCUT2D eigenvalue weighted by Crippen LogP contribution is -2.20. The van der Waals surface area contributed by atoms with Crippen molar-refractivity contribution in [2.24, 2.45) is 0 Å². The van der Waals surface area contributed by atoms with Gasteiger partial charge in [-0.2, -0.15) is 5.26 Å². The molecule has 6 heteroatoms. The number of alkyl halides is 1. The topological polar surface area (TPSA) is 90.0 Å². The highest BCUT2D eigenvalue weighted by Crippen LogP contribution is 2.15. The lowest BCUT2D eigenvalue weighted by atomic mass is 10.1. The Hall–Kier alpha value is -1.22. The summed E-state index contributed by atoms with van der Waals surface area (Å²) in [5.74, 6) is -0.0671. The van der Waals surface area contributed by atoms with Crippen molar-refractivity contribution >= 4 is 11.6 Å². The Morgan fingerprint density at radius 1 is 1.43 bits per heavy atom. The summed E-state index contributed by atoms with van der Waals surface area (Å²) in [5, 5.41) is 27.1. The molecule has 2 unspecified atom stereocenters. The molecule has 14 heavy (non-hydrogen) atoms. The number of hydrogen-bond acceptors (Lipinski definition) is 5. The lowest BCUT2D eigenvalue weighted by molar-refractivity contribution is 0.0322. The maximum atomic E-state index is 9.46.